The smallest absolute Gasteiger partial charge is 0.219 e. The van der Waals surface area contributed by atoms with Gasteiger partial charge in [-0.2, -0.15) is 0 Å². The van der Waals surface area contributed by atoms with Gasteiger partial charge in [-0.05, 0) is 12.2 Å². The van der Waals surface area contributed by atoms with Crippen LogP contribution < -0.4 is 0 Å². The van der Waals surface area contributed by atoms with Gasteiger partial charge in [0.2, 0.25) is 4.38 Å². The Labute approximate surface area is 59.8 Å². The van der Waals surface area contributed by atoms with Gasteiger partial charge >= 0.3 is 0 Å². The third-order valence-corrected chi connectivity index (χ3v) is 1.78. The van der Waals surface area contributed by atoms with Crippen LogP contribution in [0.4, 0.5) is 0 Å². The molecule has 48 valence electrons. The molecular formula is C5H10OS2. The fourth-order valence-corrected chi connectivity index (χ4v) is 1.30. The molecule has 0 unspecified atom stereocenters. The van der Waals surface area contributed by atoms with Crippen molar-refractivity contribution < 1.29 is 4.74 Å². The van der Waals surface area contributed by atoms with Crippen LogP contribution in [0, 0.1) is 0 Å². The highest BCUT2D eigenvalue weighted by Crippen LogP contribution is 2.11. The van der Waals surface area contributed by atoms with Gasteiger partial charge in [-0.3, -0.25) is 0 Å². The lowest BCUT2D eigenvalue weighted by Crippen LogP contribution is -1.96. The Morgan fingerprint density at radius 2 is 2.12 bits per heavy atom. The highest BCUT2D eigenvalue weighted by Gasteiger charge is 1.97. The van der Waals surface area contributed by atoms with Gasteiger partial charge in [0, 0.05) is 5.25 Å². The van der Waals surface area contributed by atoms with Crippen molar-refractivity contribution in [1.82, 2.24) is 0 Å². The van der Waals surface area contributed by atoms with Crippen molar-refractivity contribution in [1.29, 1.82) is 0 Å². The van der Waals surface area contributed by atoms with E-state index in [9.17, 15) is 0 Å². The zero-order chi connectivity index (χ0) is 6.57. The average Bonchev–Trinajstić information content (AvgIpc) is 1.65. The van der Waals surface area contributed by atoms with E-state index in [4.69, 9.17) is 17.0 Å². The summed E-state index contributed by atoms with van der Waals surface area (Å²) in [5, 5.41) is 0.530. The summed E-state index contributed by atoms with van der Waals surface area (Å²) >= 11 is 6.34. The molecule has 0 saturated heterocycles. The molecule has 0 aliphatic rings. The SMILES string of the molecule is COC(=S)SC(C)C. The molecule has 8 heavy (non-hydrogen) atoms. The second kappa shape index (κ2) is 4.15. The molecule has 0 rings (SSSR count). The van der Waals surface area contributed by atoms with Crippen molar-refractivity contribution in [3.05, 3.63) is 0 Å². The van der Waals surface area contributed by atoms with Crippen molar-refractivity contribution in [2.75, 3.05) is 7.11 Å². The van der Waals surface area contributed by atoms with Gasteiger partial charge in [0.1, 0.15) is 0 Å². The zero-order valence-corrected chi connectivity index (χ0v) is 6.94. The maximum atomic E-state index is 4.77. The third kappa shape index (κ3) is 4.40. The highest BCUT2D eigenvalue weighted by atomic mass is 32.2. The fourth-order valence-electron chi connectivity index (χ4n) is 0.241. The maximum absolute atomic E-state index is 4.77. The Morgan fingerprint density at radius 3 is 2.25 bits per heavy atom. The van der Waals surface area contributed by atoms with E-state index in [0.717, 1.165) is 0 Å². The van der Waals surface area contributed by atoms with Crippen LogP contribution in [0.15, 0.2) is 0 Å². The molecule has 0 aromatic carbocycles. The van der Waals surface area contributed by atoms with Crippen LogP contribution in [0.2, 0.25) is 0 Å². The van der Waals surface area contributed by atoms with Crippen molar-refractivity contribution >= 4 is 28.4 Å². The van der Waals surface area contributed by atoms with E-state index in [1.807, 2.05) is 0 Å². The van der Waals surface area contributed by atoms with Crippen molar-refractivity contribution in [3.63, 3.8) is 0 Å². The number of hydrogen-bond acceptors (Lipinski definition) is 3. The number of rotatable bonds is 1. The van der Waals surface area contributed by atoms with Gasteiger partial charge in [0.05, 0.1) is 7.11 Å². The van der Waals surface area contributed by atoms with Gasteiger partial charge < -0.3 is 4.74 Å². The first kappa shape index (κ1) is 8.24. The number of hydrogen-bond donors (Lipinski definition) is 0. The summed E-state index contributed by atoms with van der Waals surface area (Å²) in [6.07, 6.45) is 0. The molecule has 0 heterocycles. The van der Waals surface area contributed by atoms with Crippen LogP contribution in [0.1, 0.15) is 13.8 Å². The summed E-state index contributed by atoms with van der Waals surface area (Å²) in [6.45, 7) is 4.16. The van der Waals surface area contributed by atoms with Crippen LogP contribution in [0.5, 0.6) is 0 Å². The minimum absolute atomic E-state index is 0.530. The third-order valence-electron chi connectivity index (χ3n) is 0.499. The monoisotopic (exact) mass is 150 g/mol. The first-order valence-corrected chi connectivity index (χ1v) is 3.70. The number of methoxy groups -OCH3 is 1. The minimum atomic E-state index is 0.530. The molecule has 3 heteroatoms. The Balaban J connectivity index is 3.25. The fraction of sp³-hybridized carbons (Fsp3) is 0.800. The van der Waals surface area contributed by atoms with E-state index in [2.05, 4.69) is 13.8 Å². The van der Waals surface area contributed by atoms with Crippen LogP contribution in [0.25, 0.3) is 0 Å². The van der Waals surface area contributed by atoms with Crippen molar-refractivity contribution in [3.8, 4) is 0 Å². The zero-order valence-electron chi connectivity index (χ0n) is 5.30. The van der Waals surface area contributed by atoms with E-state index in [1.165, 1.54) is 0 Å². The molecular weight excluding hydrogens is 140 g/mol. The second-order valence-electron chi connectivity index (χ2n) is 1.62. The van der Waals surface area contributed by atoms with E-state index in [-0.39, 0.29) is 0 Å². The van der Waals surface area contributed by atoms with Crippen LogP contribution in [-0.2, 0) is 4.74 Å². The van der Waals surface area contributed by atoms with Crippen molar-refractivity contribution in [2.45, 2.75) is 19.1 Å². The molecule has 1 nitrogen and oxygen atoms in total. The van der Waals surface area contributed by atoms with Crippen LogP contribution in [-0.4, -0.2) is 16.7 Å². The molecule has 0 aromatic heterocycles. The van der Waals surface area contributed by atoms with Gasteiger partial charge in [0.25, 0.3) is 0 Å². The molecule has 0 fully saturated rings. The second-order valence-corrected chi connectivity index (χ2v) is 3.80. The normalized spacial score (nSPS) is 9.50. The summed E-state index contributed by atoms with van der Waals surface area (Å²) in [6, 6.07) is 0. The minimum Gasteiger partial charge on any atom is -0.482 e. The molecule has 0 N–H and O–H groups in total. The number of ether oxygens (including phenoxy) is 1. The molecule has 0 radical (unpaired) electrons. The molecule has 0 spiro atoms. The van der Waals surface area contributed by atoms with E-state index < -0.39 is 0 Å². The summed E-state index contributed by atoms with van der Waals surface area (Å²) in [5.41, 5.74) is 0. The Kier molecular flexibility index (Phi) is 4.28. The quantitative estimate of drug-likeness (QED) is 0.529. The van der Waals surface area contributed by atoms with Crippen LogP contribution >= 0.6 is 24.0 Å². The predicted molar refractivity (Wildman–Crippen MR) is 42.3 cm³/mol. The van der Waals surface area contributed by atoms with Crippen LogP contribution in [0.3, 0.4) is 0 Å². The predicted octanol–water partition coefficient (Wildman–Crippen LogP) is 2.06. The first-order valence-electron chi connectivity index (χ1n) is 2.41. The number of thioether (sulfide) groups is 1. The lowest BCUT2D eigenvalue weighted by atomic mass is 10.6. The molecule has 0 aromatic rings. The molecule has 0 atom stereocenters. The topological polar surface area (TPSA) is 9.23 Å². The molecule has 0 bridgehead atoms. The lowest BCUT2D eigenvalue weighted by Gasteiger charge is -2.02. The van der Waals surface area contributed by atoms with E-state index >= 15 is 0 Å². The maximum Gasteiger partial charge on any atom is 0.219 e. The van der Waals surface area contributed by atoms with Gasteiger partial charge in [-0.15, -0.1) is 0 Å². The summed E-state index contributed by atoms with van der Waals surface area (Å²) in [4.78, 5) is 0. The summed E-state index contributed by atoms with van der Waals surface area (Å²) in [7, 11) is 1.59. The average molecular weight is 150 g/mol. The highest BCUT2D eigenvalue weighted by molar-refractivity contribution is 8.22. The standard InChI is InChI=1S/C5H10OS2/c1-4(2)8-5(7)6-3/h4H,1-3H3. The molecule has 0 saturated carbocycles. The van der Waals surface area contributed by atoms with Gasteiger partial charge in [0.15, 0.2) is 0 Å². The van der Waals surface area contributed by atoms with Gasteiger partial charge in [-0.25, -0.2) is 0 Å². The summed E-state index contributed by atoms with van der Waals surface area (Å²) in [5.74, 6) is 0. The van der Waals surface area contributed by atoms with E-state index in [0.29, 0.717) is 9.63 Å². The largest absolute Gasteiger partial charge is 0.482 e. The first-order chi connectivity index (χ1) is 3.66. The number of thiocarbonyl (C=S) groups is 1. The Bertz CT molecular complexity index is 80.5. The lowest BCUT2D eigenvalue weighted by molar-refractivity contribution is 0.426. The Hall–Kier alpha value is 0.240. The molecule has 0 aliphatic carbocycles. The molecule has 0 aliphatic heterocycles. The van der Waals surface area contributed by atoms with Gasteiger partial charge in [-0.1, -0.05) is 25.6 Å². The van der Waals surface area contributed by atoms with E-state index in [1.54, 1.807) is 18.9 Å². The Morgan fingerprint density at radius 1 is 1.62 bits per heavy atom. The molecule has 0 amide bonds. The van der Waals surface area contributed by atoms with Crippen molar-refractivity contribution in [2.24, 2.45) is 0 Å². The summed E-state index contributed by atoms with van der Waals surface area (Å²) < 4.78 is 5.38.